The fourth-order valence-corrected chi connectivity index (χ4v) is 9.37. The highest BCUT2D eigenvalue weighted by atomic mass is 32.1. The summed E-state index contributed by atoms with van der Waals surface area (Å²) in [5, 5.41) is 4.75. The third-order valence-electron chi connectivity index (χ3n) is 10.9. The van der Waals surface area contributed by atoms with Gasteiger partial charge in [-0.25, -0.2) is 4.98 Å². The van der Waals surface area contributed by atoms with Crippen LogP contribution >= 0.6 is 11.3 Å². The van der Waals surface area contributed by atoms with Crippen LogP contribution in [0, 0.1) is 0 Å². The number of nitrogens with zero attached hydrogens (tertiary/aromatic N) is 2. The molecule has 11 rings (SSSR count). The standard InChI is InChI=1S/C53H34N2OS/c1-4-15-35(16-5-1)36-27-29-40(30-28-36)55(41-31-32-43(37-17-6-2-7-18-37)46(33-41)44-25-14-22-38-19-10-11-23-42(38)44)51-50-45-24-12-13-26-48(45)57-49(50)34-47-52(51)56-53(54-47)39-20-8-3-9-21-39/h1-34H. The molecule has 0 saturated heterocycles. The van der Waals surface area contributed by atoms with Gasteiger partial charge in [0.05, 0.1) is 0 Å². The lowest BCUT2D eigenvalue weighted by Crippen LogP contribution is -2.11. The first-order valence-electron chi connectivity index (χ1n) is 19.2. The number of benzene rings is 9. The molecule has 2 heterocycles. The zero-order chi connectivity index (χ0) is 37.7. The van der Waals surface area contributed by atoms with Crippen molar-refractivity contribution in [2.75, 3.05) is 4.90 Å². The van der Waals surface area contributed by atoms with Crippen molar-refractivity contribution in [2.24, 2.45) is 0 Å². The molecular formula is C53H34N2OS. The predicted octanol–water partition coefficient (Wildman–Crippen LogP) is 15.5. The highest BCUT2D eigenvalue weighted by Crippen LogP contribution is 2.51. The van der Waals surface area contributed by atoms with E-state index >= 15 is 0 Å². The van der Waals surface area contributed by atoms with Gasteiger partial charge in [-0.05, 0) is 92.7 Å². The molecule has 9 aromatic carbocycles. The van der Waals surface area contributed by atoms with Crippen LogP contribution < -0.4 is 4.90 Å². The minimum absolute atomic E-state index is 0.601. The Bertz CT molecular complexity index is 3220. The highest BCUT2D eigenvalue weighted by molar-refractivity contribution is 7.26. The van der Waals surface area contributed by atoms with Crippen LogP contribution in [-0.2, 0) is 0 Å². The zero-order valence-corrected chi connectivity index (χ0v) is 31.7. The molecule has 0 N–H and O–H groups in total. The van der Waals surface area contributed by atoms with Gasteiger partial charge in [0.25, 0.3) is 0 Å². The Kier molecular flexibility index (Phi) is 8.01. The van der Waals surface area contributed by atoms with E-state index in [-0.39, 0.29) is 0 Å². The van der Waals surface area contributed by atoms with Gasteiger partial charge in [-0.1, -0.05) is 158 Å². The van der Waals surface area contributed by atoms with Crippen LogP contribution in [-0.4, -0.2) is 4.98 Å². The number of hydrogen-bond acceptors (Lipinski definition) is 4. The van der Waals surface area contributed by atoms with Gasteiger partial charge in [-0.2, -0.15) is 0 Å². The Balaban J connectivity index is 1.24. The fraction of sp³-hybridized carbons (Fsp3) is 0. The van der Waals surface area contributed by atoms with Crippen molar-refractivity contribution >= 4 is 70.4 Å². The first-order chi connectivity index (χ1) is 28.3. The van der Waals surface area contributed by atoms with E-state index in [1.54, 1.807) is 11.3 Å². The second kappa shape index (κ2) is 13.8. The van der Waals surface area contributed by atoms with Crippen LogP contribution in [0.15, 0.2) is 211 Å². The van der Waals surface area contributed by atoms with E-state index in [4.69, 9.17) is 9.40 Å². The Morgan fingerprint density at radius 3 is 1.81 bits per heavy atom. The molecule has 3 nitrogen and oxygen atoms in total. The molecule has 0 aliphatic heterocycles. The number of thiophene rings is 1. The fourth-order valence-electron chi connectivity index (χ4n) is 8.23. The number of fused-ring (bicyclic) bond motifs is 5. The average molecular weight is 747 g/mol. The quantitative estimate of drug-likeness (QED) is 0.163. The van der Waals surface area contributed by atoms with Gasteiger partial charge in [-0.15, -0.1) is 11.3 Å². The van der Waals surface area contributed by atoms with Gasteiger partial charge in [0.2, 0.25) is 5.89 Å². The van der Waals surface area contributed by atoms with Crippen LogP contribution in [0.4, 0.5) is 17.1 Å². The summed E-state index contributed by atoms with van der Waals surface area (Å²) in [6, 6.07) is 73.4. The van der Waals surface area contributed by atoms with E-state index in [1.807, 2.05) is 18.2 Å². The first-order valence-corrected chi connectivity index (χ1v) is 20.0. The highest BCUT2D eigenvalue weighted by Gasteiger charge is 2.26. The molecule has 0 radical (unpaired) electrons. The van der Waals surface area contributed by atoms with E-state index in [0.717, 1.165) is 54.9 Å². The van der Waals surface area contributed by atoms with Gasteiger partial charge < -0.3 is 9.32 Å². The molecule has 0 unspecified atom stereocenters. The first kappa shape index (κ1) is 33.1. The molecule has 268 valence electrons. The molecule has 0 aliphatic rings. The topological polar surface area (TPSA) is 29.3 Å². The normalized spacial score (nSPS) is 11.5. The Labute approximate surface area is 334 Å². The Morgan fingerprint density at radius 1 is 0.421 bits per heavy atom. The molecule has 57 heavy (non-hydrogen) atoms. The van der Waals surface area contributed by atoms with Gasteiger partial charge >= 0.3 is 0 Å². The number of aromatic nitrogens is 1. The summed E-state index contributed by atoms with van der Waals surface area (Å²) in [5.74, 6) is 0.601. The maximum Gasteiger partial charge on any atom is 0.227 e. The number of rotatable bonds is 7. The summed E-state index contributed by atoms with van der Waals surface area (Å²) in [5.41, 5.74) is 12.5. The molecular weight excluding hydrogens is 713 g/mol. The summed E-state index contributed by atoms with van der Waals surface area (Å²) in [7, 11) is 0. The molecule has 0 aliphatic carbocycles. The molecule has 4 heteroatoms. The largest absolute Gasteiger partial charge is 0.434 e. The Hall–Kier alpha value is -7.27. The SMILES string of the molecule is c1ccc(-c2ccc(N(c3ccc(-c4ccccc4)c(-c4cccc5ccccc45)c3)c3c4oc(-c5ccccc5)nc4cc4sc5ccccc5c34)cc2)cc1. The van der Waals surface area contributed by atoms with E-state index in [0.29, 0.717) is 5.89 Å². The van der Waals surface area contributed by atoms with Crippen LogP contribution in [0.3, 0.4) is 0 Å². The molecule has 0 atom stereocenters. The molecule has 2 aromatic heterocycles. The van der Waals surface area contributed by atoms with Crippen LogP contribution in [0.5, 0.6) is 0 Å². The van der Waals surface area contributed by atoms with Crippen molar-refractivity contribution in [1.82, 2.24) is 4.98 Å². The van der Waals surface area contributed by atoms with E-state index in [9.17, 15) is 0 Å². The van der Waals surface area contributed by atoms with E-state index in [1.165, 1.54) is 43.1 Å². The smallest absolute Gasteiger partial charge is 0.227 e. The summed E-state index contributed by atoms with van der Waals surface area (Å²) in [6.45, 7) is 0. The van der Waals surface area contributed by atoms with Gasteiger partial charge in [0.15, 0.2) is 5.58 Å². The summed E-state index contributed by atoms with van der Waals surface area (Å²) in [6.07, 6.45) is 0. The summed E-state index contributed by atoms with van der Waals surface area (Å²) in [4.78, 5) is 7.54. The third kappa shape index (κ3) is 5.78. The molecule has 0 spiro atoms. The van der Waals surface area contributed by atoms with Gasteiger partial charge in [0, 0.05) is 37.1 Å². The molecule has 0 saturated carbocycles. The number of anilines is 3. The van der Waals surface area contributed by atoms with Gasteiger partial charge in [0.1, 0.15) is 11.2 Å². The second-order valence-corrected chi connectivity index (χ2v) is 15.4. The minimum Gasteiger partial charge on any atom is -0.434 e. The van der Waals surface area contributed by atoms with E-state index in [2.05, 4.69) is 193 Å². The van der Waals surface area contributed by atoms with Crippen molar-refractivity contribution in [2.45, 2.75) is 0 Å². The lowest BCUT2D eigenvalue weighted by Gasteiger charge is -2.28. The molecule has 11 aromatic rings. The van der Waals surface area contributed by atoms with Crippen LogP contribution in [0.25, 0.3) is 86.9 Å². The minimum atomic E-state index is 0.601. The Morgan fingerprint density at radius 2 is 1.04 bits per heavy atom. The third-order valence-corrected chi connectivity index (χ3v) is 12.0. The van der Waals surface area contributed by atoms with Crippen LogP contribution in [0.2, 0.25) is 0 Å². The van der Waals surface area contributed by atoms with Crippen molar-refractivity contribution < 1.29 is 4.42 Å². The second-order valence-electron chi connectivity index (χ2n) is 14.3. The maximum absolute atomic E-state index is 6.95. The number of oxazole rings is 1. The number of hydrogen-bond donors (Lipinski definition) is 0. The van der Waals surface area contributed by atoms with Gasteiger partial charge in [-0.3, -0.25) is 0 Å². The van der Waals surface area contributed by atoms with Crippen molar-refractivity contribution in [1.29, 1.82) is 0 Å². The van der Waals surface area contributed by atoms with Crippen molar-refractivity contribution in [3.63, 3.8) is 0 Å². The molecule has 0 amide bonds. The zero-order valence-electron chi connectivity index (χ0n) is 30.8. The average Bonchev–Trinajstić information content (AvgIpc) is 3.89. The van der Waals surface area contributed by atoms with Crippen molar-refractivity contribution in [3.05, 3.63) is 206 Å². The van der Waals surface area contributed by atoms with Crippen LogP contribution in [0.1, 0.15) is 0 Å². The summed E-state index contributed by atoms with van der Waals surface area (Å²) < 4.78 is 9.33. The molecule has 0 bridgehead atoms. The van der Waals surface area contributed by atoms with Crippen molar-refractivity contribution in [3.8, 4) is 44.8 Å². The molecule has 0 fully saturated rings. The lowest BCUT2D eigenvalue weighted by atomic mass is 9.90. The summed E-state index contributed by atoms with van der Waals surface area (Å²) >= 11 is 1.80. The lowest BCUT2D eigenvalue weighted by molar-refractivity contribution is 0.620. The predicted molar refractivity (Wildman–Crippen MR) is 241 cm³/mol. The maximum atomic E-state index is 6.95. The van der Waals surface area contributed by atoms with E-state index < -0.39 is 0 Å². The monoisotopic (exact) mass is 746 g/mol.